The Morgan fingerprint density at radius 1 is 0.958 bits per heavy atom. The van der Waals surface area contributed by atoms with Crippen LogP contribution in [0.3, 0.4) is 0 Å². The van der Waals surface area contributed by atoms with E-state index in [2.05, 4.69) is 65.5 Å². The van der Waals surface area contributed by atoms with E-state index in [-0.39, 0.29) is 5.82 Å². The lowest BCUT2D eigenvalue weighted by Crippen LogP contribution is -2.05. The summed E-state index contributed by atoms with van der Waals surface area (Å²) in [5.74, 6) is 0.737. The van der Waals surface area contributed by atoms with Crippen LogP contribution in [0.15, 0.2) is 46.9 Å². The van der Waals surface area contributed by atoms with Gasteiger partial charge in [-0.25, -0.2) is 9.37 Å². The standard InChI is InChI=1S/C20H20BrFN2/c1-13-8-19(7-6-16-10-17(21)12-18(22)11-16)23-20(9-13)24-14(2)4-5-15(24)3/h4-5,8-12H,6-7H2,1-3H3. The van der Waals surface area contributed by atoms with Crippen molar-refractivity contribution in [2.45, 2.75) is 33.6 Å². The summed E-state index contributed by atoms with van der Waals surface area (Å²) in [6.45, 7) is 6.25. The summed E-state index contributed by atoms with van der Waals surface area (Å²) in [5, 5.41) is 0. The lowest BCUT2D eigenvalue weighted by molar-refractivity contribution is 0.624. The molecular weight excluding hydrogens is 367 g/mol. The second kappa shape index (κ2) is 6.89. The molecule has 3 rings (SSSR count). The van der Waals surface area contributed by atoms with Gasteiger partial charge in [-0.15, -0.1) is 0 Å². The van der Waals surface area contributed by atoms with Crippen LogP contribution in [0.4, 0.5) is 4.39 Å². The van der Waals surface area contributed by atoms with Gasteiger partial charge in [0.2, 0.25) is 0 Å². The molecule has 0 aliphatic carbocycles. The zero-order chi connectivity index (χ0) is 17.3. The molecule has 0 unspecified atom stereocenters. The summed E-state index contributed by atoms with van der Waals surface area (Å²) < 4.78 is 16.4. The summed E-state index contributed by atoms with van der Waals surface area (Å²) >= 11 is 3.35. The molecule has 0 bridgehead atoms. The van der Waals surface area contributed by atoms with Crippen molar-refractivity contribution in [1.29, 1.82) is 0 Å². The van der Waals surface area contributed by atoms with Gasteiger partial charge in [-0.3, -0.25) is 0 Å². The summed E-state index contributed by atoms with van der Waals surface area (Å²) in [5.41, 5.74) is 5.53. The quantitative estimate of drug-likeness (QED) is 0.579. The van der Waals surface area contributed by atoms with Gasteiger partial charge >= 0.3 is 0 Å². The summed E-state index contributed by atoms with van der Waals surface area (Å²) in [6.07, 6.45) is 1.54. The molecule has 1 aromatic carbocycles. The maximum Gasteiger partial charge on any atom is 0.137 e. The second-order valence-electron chi connectivity index (χ2n) is 6.22. The maximum atomic E-state index is 13.5. The number of benzene rings is 1. The molecule has 0 aliphatic heterocycles. The molecule has 3 aromatic rings. The van der Waals surface area contributed by atoms with E-state index in [4.69, 9.17) is 4.98 Å². The number of hydrogen-bond donors (Lipinski definition) is 0. The first-order valence-electron chi connectivity index (χ1n) is 8.00. The number of nitrogens with zero attached hydrogens (tertiary/aromatic N) is 2. The van der Waals surface area contributed by atoms with E-state index in [1.807, 2.05) is 6.07 Å². The van der Waals surface area contributed by atoms with E-state index in [0.717, 1.165) is 34.4 Å². The normalized spacial score (nSPS) is 11.0. The van der Waals surface area contributed by atoms with E-state index in [0.29, 0.717) is 0 Å². The molecule has 0 saturated heterocycles. The van der Waals surface area contributed by atoms with Crippen LogP contribution in [0.1, 0.15) is 28.2 Å². The number of halogens is 2. The molecule has 0 atom stereocenters. The number of rotatable bonds is 4. The molecule has 24 heavy (non-hydrogen) atoms. The fraction of sp³-hybridized carbons (Fsp3) is 0.250. The Kier molecular flexibility index (Phi) is 4.86. The van der Waals surface area contributed by atoms with Crippen LogP contribution in [0.5, 0.6) is 0 Å². The van der Waals surface area contributed by atoms with Gasteiger partial charge in [0.15, 0.2) is 0 Å². The van der Waals surface area contributed by atoms with Crippen LogP contribution < -0.4 is 0 Å². The van der Waals surface area contributed by atoms with Crippen molar-refractivity contribution in [2.75, 3.05) is 0 Å². The molecule has 0 spiro atoms. The topological polar surface area (TPSA) is 17.8 Å². The highest BCUT2D eigenvalue weighted by Gasteiger charge is 2.08. The molecule has 0 radical (unpaired) electrons. The predicted octanol–water partition coefficient (Wildman–Crippen LogP) is 5.48. The fourth-order valence-corrected chi connectivity index (χ4v) is 3.53. The minimum atomic E-state index is -0.212. The highest BCUT2D eigenvalue weighted by molar-refractivity contribution is 9.10. The molecule has 0 amide bonds. The van der Waals surface area contributed by atoms with E-state index < -0.39 is 0 Å². The van der Waals surface area contributed by atoms with Crippen molar-refractivity contribution in [3.8, 4) is 5.82 Å². The second-order valence-corrected chi connectivity index (χ2v) is 7.14. The molecule has 2 aromatic heterocycles. The SMILES string of the molecule is Cc1cc(CCc2cc(F)cc(Br)c2)nc(-n2c(C)ccc2C)c1. The first kappa shape index (κ1) is 16.9. The number of hydrogen-bond acceptors (Lipinski definition) is 1. The van der Waals surface area contributed by atoms with Gasteiger partial charge in [0.25, 0.3) is 0 Å². The van der Waals surface area contributed by atoms with Gasteiger partial charge < -0.3 is 4.57 Å². The Balaban J connectivity index is 1.87. The summed E-state index contributed by atoms with van der Waals surface area (Å²) in [7, 11) is 0. The maximum absolute atomic E-state index is 13.5. The van der Waals surface area contributed by atoms with Gasteiger partial charge in [0.05, 0.1) is 0 Å². The van der Waals surface area contributed by atoms with Crippen molar-refractivity contribution in [3.05, 3.63) is 81.0 Å². The molecule has 4 heteroatoms. The van der Waals surface area contributed by atoms with Crippen LogP contribution in [0, 0.1) is 26.6 Å². The average molecular weight is 387 g/mol. The molecule has 0 saturated carbocycles. The Morgan fingerprint density at radius 2 is 1.67 bits per heavy atom. The van der Waals surface area contributed by atoms with E-state index >= 15 is 0 Å². The highest BCUT2D eigenvalue weighted by atomic mass is 79.9. The third kappa shape index (κ3) is 3.75. The van der Waals surface area contributed by atoms with Gasteiger partial charge in [0, 0.05) is 21.6 Å². The van der Waals surface area contributed by atoms with Crippen molar-refractivity contribution >= 4 is 15.9 Å². The van der Waals surface area contributed by atoms with E-state index in [1.54, 1.807) is 6.07 Å². The van der Waals surface area contributed by atoms with Gasteiger partial charge in [-0.2, -0.15) is 0 Å². The first-order chi connectivity index (χ1) is 11.4. The molecule has 2 heterocycles. The lowest BCUT2D eigenvalue weighted by Gasteiger charge is -2.12. The average Bonchev–Trinajstić information content (AvgIpc) is 2.83. The largest absolute Gasteiger partial charge is 0.303 e. The van der Waals surface area contributed by atoms with Crippen LogP contribution in [0.2, 0.25) is 0 Å². The Bertz CT molecular complexity index is 844. The Morgan fingerprint density at radius 3 is 2.33 bits per heavy atom. The van der Waals surface area contributed by atoms with Crippen molar-refractivity contribution < 1.29 is 4.39 Å². The smallest absolute Gasteiger partial charge is 0.137 e. The summed E-state index contributed by atoms with van der Waals surface area (Å²) in [6, 6.07) is 13.4. The molecule has 124 valence electrons. The number of pyridine rings is 1. The fourth-order valence-electron chi connectivity index (χ4n) is 3.02. The van der Waals surface area contributed by atoms with Crippen LogP contribution in [-0.4, -0.2) is 9.55 Å². The molecule has 0 N–H and O–H groups in total. The molecule has 0 aliphatic rings. The first-order valence-corrected chi connectivity index (χ1v) is 8.79. The summed E-state index contributed by atoms with van der Waals surface area (Å²) in [4.78, 5) is 4.82. The van der Waals surface area contributed by atoms with Gasteiger partial charge in [-0.1, -0.05) is 15.9 Å². The minimum absolute atomic E-state index is 0.212. The molecule has 2 nitrogen and oxygen atoms in total. The van der Waals surface area contributed by atoms with Crippen molar-refractivity contribution in [2.24, 2.45) is 0 Å². The zero-order valence-electron chi connectivity index (χ0n) is 14.1. The zero-order valence-corrected chi connectivity index (χ0v) is 15.7. The van der Waals surface area contributed by atoms with Gasteiger partial charge in [0.1, 0.15) is 11.6 Å². The highest BCUT2D eigenvalue weighted by Crippen LogP contribution is 2.19. The lowest BCUT2D eigenvalue weighted by atomic mass is 10.1. The molecule has 0 fully saturated rings. The molecular formula is C20H20BrFN2. The van der Waals surface area contributed by atoms with E-state index in [9.17, 15) is 4.39 Å². The number of aromatic nitrogens is 2. The van der Waals surface area contributed by atoms with Crippen LogP contribution >= 0.6 is 15.9 Å². The minimum Gasteiger partial charge on any atom is -0.303 e. The predicted molar refractivity (Wildman–Crippen MR) is 99.3 cm³/mol. The monoisotopic (exact) mass is 386 g/mol. The van der Waals surface area contributed by atoms with Gasteiger partial charge in [-0.05, 0) is 87.2 Å². The van der Waals surface area contributed by atoms with Crippen LogP contribution in [0.25, 0.3) is 5.82 Å². The van der Waals surface area contributed by atoms with Crippen LogP contribution in [-0.2, 0) is 12.8 Å². The third-order valence-electron chi connectivity index (χ3n) is 4.10. The van der Waals surface area contributed by atoms with Crippen molar-refractivity contribution in [3.63, 3.8) is 0 Å². The third-order valence-corrected chi connectivity index (χ3v) is 4.56. The Hall–Kier alpha value is -1.94. The van der Waals surface area contributed by atoms with E-state index in [1.165, 1.54) is 23.0 Å². The number of aryl methyl sites for hydroxylation is 5. The van der Waals surface area contributed by atoms with Crippen molar-refractivity contribution in [1.82, 2.24) is 9.55 Å². The Labute approximate surface area is 150 Å².